The summed E-state index contributed by atoms with van der Waals surface area (Å²) in [4.78, 5) is 45.5. The maximum absolute atomic E-state index is 14.1. The Balaban J connectivity index is 0.00000353. The number of halogens is 1. The zero-order chi connectivity index (χ0) is 27.1. The molecule has 0 bridgehead atoms. The van der Waals surface area contributed by atoms with Crippen LogP contribution in [0.15, 0.2) is 65.9 Å². The Hall–Kier alpha value is -3.69. The SMILES string of the molecule is CN1N=C2CCN(C(=O)[C@@H](Cc3c[nH]c4ccccc34)NC(=O)C(C)(C)N)CC2(Cc2ccccc2)C1=O.Cl. The molecule has 10 heteroatoms. The van der Waals surface area contributed by atoms with Gasteiger partial charge in [-0.1, -0.05) is 48.5 Å². The number of H-pyrrole nitrogens is 1. The summed E-state index contributed by atoms with van der Waals surface area (Å²) in [7, 11) is 1.66. The molecule has 1 aromatic heterocycles. The maximum Gasteiger partial charge on any atom is 0.256 e. The Morgan fingerprint density at radius 1 is 1.15 bits per heavy atom. The molecule has 0 aliphatic carbocycles. The first-order chi connectivity index (χ1) is 18.1. The van der Waals surface area contributed by atoms with Crippen molar-refractivity contribution in [3.63, 3.8) is 0 Å². The fraction of sp³-hybridized carbons (Fsp3) is 0.379. The largest absolute Gasteiger partial charge is 0.361 e. The van der Waals surface area contributed by atoms with Crippen molar-refractivity contribution >= 4 is 46.7 Å². The number of fused-ring (bicyclic) bond motifs is 2. The van der Waals surface area contributed by atoms with Crippen LogP contribution in [0.1, 0.15) is 31.4 Å². The van der Waals surface area contributed by atoms with Crippen molar-refractivity contribution in [2.45, 2.75) is 44.7 Å². The fourth-order valence-electron chi connectivity index (χ4n) is 5.50. The number of hydrogen-bond donors (Lipinski definition) is 3. The summed E-state index contributed by atoms with van der Waals surface area (Å²) in [6, 6.07) is 16.8. The number of hydrogen-bond acceptors (Lipinski definition) is 5. The van der Waals surface area contributed by atoms with E-state index in [0.29, 0.717) is 25.8 Å². The topological polar surface area (TPSA) is 124 Å². The molecule has 3 aromatic rings. The van der Waals surface area contributed by atoms with E-state index in [2.05, 4.69) is 15.4 Å². The van der Waals surface area contributed by atoms with Crippen LogP contribution in [0.25, 0.3) is 10.9 Å². The van der Waals surface area contributed by atoms with Gasteiger partial charge in [-0.15, -0.1) is 12.4 Å². The highest BCUT2D eigenvalue weighted by molar-refractivity contribution is 6.13. The van der Waals surface area contributed by atoms with Crippen LogP contribution in [0.4, 0.5) is 0 Å². The molecular weight excluding hydrogens is 516 g/mol. The summed E-state index contributed by atoms with van der Waals surface area (Å²) in [6.07, 6.45) is 3.11. The molecule has 5 rings (SSSR count). The highest BCUT2D eigenvalue weighted by Gasteiger charge is 2.54. The minimum absolute atomic E-state index is 0. The monoisotopic (exact) mass is 550 g/mol. The average molecular weight is 551 g/mol. The molecule has 9 nitrogen and oxygen atoms in total. The van der Waals surface area contributed by atoms with E-state index >= 15 is 0 Å². The van der Waals surface area contributed by atoms with Crippen LogP contribution in [0.2, 0.25) is 0 Å². The zero-order valence-electron chi connectivity index (χ0n) is 22.4. The number of amides is 3. The number of nitrogens with zero attached hydrogens (tertiary/aromatic N) is 3. The normalized spacial score (nSPS) is 19.8. The van der Waals surface area contributed by atoms with Crippen molar-refractivity contribution in [1.29, 1.82) is 0 Å². The van der Waals surface area contributed by atoms with E-state index in [-0.39, 0.29) is 30.8 Å². The van der Waals surface area contributed by atoms with Crippen LogP contribution >= 0.6 is 12.4 Å². The van der Waals surface area contributed by atoms with Crippen molar-refractivity contribution in [1.82, 2.24) is 20.2 Å². The molecule has 0 radical (unpaired) electrons. The summed E-state index contributed by atoms with van der Waals surface area (Å²) in [5, 5.41) is 9.84. The molecule has 4 N–H and O–H groups in total. The lowest BCUT2D eigenvalue weighted by molar-refractivity contribution is -0.142. The Morgan fingerprint density at radius 2 is 1.85 bits per heavy atom. The first kappa shape index (κ1) is 28.3. The third-order valence-corrected chi connectivity index (χ3v) is 7.55. The van der Waals surface area contributed by atoms with E-state index < -0.39 is 22.9 Å². The number of likely N-dealkylation sites (tertiary alicyclic amines) is 1. The lowest BCUT2D eigenvalue weighted by atomic mass is 9.73. The van der Waals surface area contributed by atoms with Crippen LogP contribution in [0, 0.1) is 5.41 Å². The maximum atomic E-state index is 14.1. The highest BCUT2D eigenvalue weighted by Crippen LogP contribution is 2.38. The van der Waals surface area contributed by atoms with E-state index in [9.17, 15) is 14.4 Å². The van der Waals surface area contributed by atoms with Gasteiger partial charge < -0.3 is 20.9 Å². The summed E-state index contributed by atoms with van der Waals surface area (Å²) >= 11 is 0. The Kier molecular flexibility index (Phi) is 7.86. The molecule has 2 aliphatic rings. The van der Waals surface area contributed by atoms with Gasteiger partial charge in [0.1, 0.15) is 11.5 Å². The van der Waals surface area contributed by atoms with E-state index in [1.807, 2.05) is 60.8 Å². The van der Waals surface area contributed by atoms with Crippen molar-refractivity contribution in [2.24, 2.45) is 16.3 Å². The molecule has 206 valence electrons. The number of rotatable bonds is 7. The van der Waals surface area contributed by atoms with E-state index in [4.69, 9.17) is 5.73 Å². The number of nitrogens with one attached hydrogen (secondary N) is 2. The molecule has 2 atom stereocenters. The summed E-state index contributed by atoms with van der Waals surface area (Å²) < 4.78 is 0. The van der Waals surface area contributed by atoms with Crippen LogP contribution in [0.5, 0.6) is 0 Å². The van der Waals surface area contributed by atoms with Gasteiger partial charge in [0.25, 0.3) is 5.91 Å². The van der Waals surface area contributed by atoms with Crippen LogP contribution < -0.4 is 11.1 Å². The number of piperidine rings is 1. The second-order valence-electron chi connectivity index (χ2n) is 10.9. The number of carbonyl (C=O) groups is 3. The lowest BCUT2D eigenvalue weighted by Crippen LogP contribution is -2.61. The van der Waals surface area contributed by atoms with Gasteiger partial charge in [-0.2, -0.15) is 5.10 Å². The molecule has 2 aliphatic heterocycles. The van der Waals surface area contributed by atoms with Crippen LogP contribution in [0.3, 0.4) is 0 Å². The predicted octanol–water partition coefficient (Wildman–Crippen LogP) is 2.64. The van der Waals surface area contributed by atoms with Gasteiger partial charge in [0.15, 0.2) is 0 Å². The van der Waals surface area contributed by atoms with Gasteiger partial charge in [-0.3, -0.25) is 14.4 Å². The third-order valence-electron chi connectivity index (χ3n) is 7.55. The Labute approximate surface area is 234 Å². The summed E-state index contributed by atoms with van der Waals surface area (Å²) in [5.41, 5.74) is 7.68. The molecular formula is C29H35ClN6O3. The van der Waals surface area contributed by atoms with Crippen LogP contribution in [-0.4, -0.2) is 70.0 Å². The molecule has 3 amide bonds. The van der Waals surface area contributed by atoms with Crippen molar-refractivity contribution in [2.75, 3.05) is 20.1 Å². The second kappa shape index (κ2) is 10.8. The van der Waals surface area contributed by atoms with Crippen LogP contribution in [-0.2, 0) is 27.2 Å². The highest BCUT2D eigenvalue weighted by atomic mass is 35.5. The van der Waals surface area contributed by atoms with Crippen molar-refractivity contribution < 1.29 is 14.4 Å². The molecule has 1 unspecified atom stereocenters. The Bertz CT molecular complexity index is 1410. The molecule has 0 spiro atoms. The molecule has 1 saturated heterocycles. The third kappa shape index (κ3) is 5.42. The first-order valence-corrected chi connectivity index (χ1v) is 12.9. The molecule has 39 heavy (non-hydrogen) atoms. The molecule has 2 aromatic carbocycles. The lowest BCUT2D eigenvalue weighted by Gasteiger charge is -2.41. The molecule has 0 saturated carbocycles. The smallest absolute Gasteiger partial charge is 0.256 e. The quantitative estimate of drug-likeness (QED) is 0.418. The number of hydrazone groups is 1. The predicted molar refractivity (Wildman–Crippen MR) is 153 cm³/mol. The van der Waals surface area contributed by atoms with Gasteiger partial charge in [0.2, 0.25) is 11.8 Å². The van der Waals surface area contributed by atoms with Gasteiger partial charge in [0, 0.05) is 50.1 Å². The molecule has 3 heterocycles. The van der Waals surface area contributed by atoms with Gasteiger partial charge in [0.05, 0.1) is 11.3 Å². The number of aromatic amines is 1. The number of aromatic nitrogens is 1. The number of para-hydroxylation sites is 1. The summed E-state index contributed by atoms with van der Waals surface area (Å²) in [6.45, 7) is 3.85. The van der Waals surface area contributed by atoms with E-state index in [1.54, 1.807) is 25.8 Å². The zero-order valence-corrected chi connectivity index (χ0v) is 23.3. The number of carbonyl (C=O) groups excluding carboxylic acids is 3. The van der Waals surface area contributed by atoms with Crippen molar-refractivity contribution in [3.05, 3.63) is 71.9 Å². The van der Waals surface area contributed by atoms with Crippen molar-refractivity contribution in [3.8, 4) is 0 Å². The minimum atomic E-state index is -1.15. The molecule has 1 fully saturated rings. The van der Waals surface area contributed by atoms with E-state index in [0.717, 1.165) is 27.7 Å². The van der Waals surface area contributed by atoms with Gasteiger partial charge >= 0.3 is 0 Å². The standard InChI is InChI=1S/C29H34N6O3.ClH/c1-28(2,30)26(37)32-23(15-20-17-31-22-12-8-7-11-21(20)22)25(36)35-14-13-24-29(18-35,27(38)34(3)33-24)16-19-9-5-4-6-10-19;/h4-12,17,23,31H,13-16,18,30H2,1-3H3,(H,32,37);1H/t23-,29?;/m1./s1. The average Bonchev–Trinajstić information content (AvgIpc) is 3.41. The summed E-state index contributed by atoms with van der Waals surface area (Å²) in [5.74, 6) is -0.762. The van der Waals surface area contributed by atoms with E-state index in [1.165, 1.54) is 5.01 Å². The van der Waals surface area contributed by atoms with Gasteiger partial charge in [-0.05, 0) is 37.5 Å². The second-order valence-corrected chi connectivity index (χ2v) is 10.9. The van der Waals surface area contributed by atoms with Gasteiger partial charge in [-0.25, -0.2) is 5.01 Å². The fourth-order valence-corrected chi connectivity index (χ4v) is 5.50. The number of benzene rings is 2. The Morgan fingerprint density at radius 3 is 2.56 bits per heavy atom. The minimum Gasteiger partial charge on any atom is -0.361 e. The number of nitrogens with two attached hydrogens (primary N) is 1. The first-order valence-electron chi connectivity index (χ1n) is 12.9.